The summed E-state index contributed by atoms with van der Waals surface area (Å²) in [4.78, 5) is 6.73. The first-order valence-corrected chi connectivity index (χ1v) is 6.45. The lowest BCUT2D eigenvalue weighted by Gasteiger charge is -2.12. The molecule has 2 aromatic rings. The second-order valence-electron chi connectivity index (χ2n) is 4.22. The van der Waals surface area contributed by atoms with Gasteiger partial charge in [0, 0.05) is 19.2 Å². The normalized spacial score (nSPS) is 20.1. The molecule has 0 amide bonds. The summed E-state index contributed by atoms with van der Waals surface area (Å²) in [6.45, 7) is 1.58. The van der Waals surface area contributed by atoms with Gasteiger partial charge < -0.3 is 14.7 Å². The third-order valence-electron chi connectivity index (χ3n) is 3.02. The molecule has 5 heteroatoms. The lowest BCUT2D eigenvalue weighted by atomic mass is 10.3. The number of aromatic nitrogens is 1. The van der Waals surface area contributed by atoms with Crippen LogP contribution in [-0.4, -0.2) is 36.4 Å². The number of β-amino-alcohol motifs (C(OH)–C–C–N with tert-alkyl or cyclic N) is 1. The highest BCUT2D eigenvalue weighted by Gasteiger charge is 2.22. The first-order valence-electron chi connectivity index (χ1n) is 5.64. The van der Waals surface area contributed by atoms with Gasteiger partial charge in [-0.3, -0.25) is 0 Å². The zero-order valence-corrected chi connectivity index (χ0v) is 10.4. The number of hydrogen-bond acceptors (Lipinski definition) is 5. The van der Waals surface area contributed by atoms with Crippen LogP contribution in [0.3, 0.4) is 0 Å². The molecule has 1 N–H and O–H groups in total. The van der Waals surface area contributed by atoms with E-state index in [1.165, 1.54) is 0 Å². The van der Waals surface area contributed by atoms with Gasteiger partial charge in [0.15, 0.2) is 5.13 Å². The van der Waals surface area contributed by atoms with E-state index in [4.69, 9.17) is 4.74 Å². The minimum absolute atomic E-state index is 0.212. The molecule has 2 heterocycles. The Labute approximate surface area is 103 Å². The van der Waals surface area contributed by atoms with Crippen molar-refractivity contribution in [3.05, 3.63) is 18.2 Å². The van der Waals surface area contributed by atoms with Gasteiger partial charge in [-0.15, -0.1) is 0 Å². The van der Waals surface area contributed by atoms with E-state index in [-0.39, 0.29) is 6.10 Å². The number of rotatable bonds is 2. The zero-order valence-electron chi connectivity index (χ0n) is 9.59. The first-order chi connectivity index (χ1) is 8.26. The Morgan fingerprint density at radius 1 is 1.53 bits per heavy atom. The maximum atomic E-state index is 9.53. The number of methoxy groups -OCH3 is 1. The van der Waals surface area contributed by atoms with E-state index in [2.05, 4.69) is 9.88 Å². The van der Waals surface area contributed by atoms with E-state index in [1.54, 1.807) is 18.4 Å². The summed E-state index contributed by atoms with van der Waals surface area (Å²) < 4.78 is 6.34. The van der Waals surface area contributed by atoms with E-state index in [0.29, 0.717) is 6.54 Å². The van der Waals surface area contributed by atoms with Crippen molar-refractivity contribution in [1.82, 2.24) is 4.98 Å². The SMILES string of the molecule is COc1ccc2sc(N3CCC(O)C3)nc2c1. The molecule has 0 radical (unpaired) electrons. The fraction of sp³-hybridized carbons (Fsp3) is 0.417. The highest BCUT2D eigenvalue weighted by molar-refractivity contribution is 7.22. The Morgan fingerprint density at radius 3 is 3.12 bits per heavy atom. The molecule has 0 bridgehead atoms. The van der Waals surface area contributed by atoms with Gasteiger partial charge in [0.2, 0.25) is 0 Å². The quantitative estimate of drug-likeness (QED) is 0.884. The Kier molecular flexibility index (Phi) is 2.64. The van der Waals surface area contributed by atoms with Crippen LogP contribution in [0, 0.1) is 0 Å². The van der Waals surface area contributed by atoms with Gasteiger partial charge in [-0.2, -0.15) is 0 Å². The lowest BCUT2D eigenvalue weighted by molar-refractivity contribution is 0.198. The average Bonchev–Trinajstić information content (AvgIpc) is 2.93. The van der Waals surface area contributed by atoms with Crippen LogP contribution in [0.4, 0.5) is 5.13 Å². The number of benzene rings is 1. The molecular weight excluding hydrogens is 236 g/mol. The number of fused-ring (bicyclic) bond motifs is 1. The molecule has 90 valence electrons. The van der Waals surface area contributed by atoms with E-state index < -0.39 is 0 Å². The summed E-state index contributed by atoms with van der Waals surface area (Å²) >= 11 is 1.66. The monoisotopic (exact) mass is 250 g/mol. The molecule has 0 spiro atoms. The fourth-order valence-corrected chi connectivity index (χ4v) is 3.05. The van der Waals surface area contributed by atoms with Crippen LogP contribution in [0.25, 0.3) is 10.2 Å². The van der Waals surface area contributed by atoms with Crippen molar-refractivity contribution < 1.29 is 9.84 Å². The molecule has 0 aliphatic carbocycles. The molecule has 17 heavy (non-hydrogen) atoms. The third kappa shape index (κ3) is 1.96. The van der Waals surface area contributed by atoms with E-state index >= 15 is 0 Å². The van der Waals surface area contributed by atoms with Crippen molar-refractivity contribution >= 4 is 26.7 Å². The van der Waals surface area contributed by atoms with Gasteiger partial charge in [-0.1, -0.05) is 11.3 Å². The molecular formula is C12H14N2O2S. The number of anilines is 1. The molecule has 1 saturated heterocycles. The van der Waals surface area contributed by atoms with Gasteiger partial charge in [0.05, 0.1) is 23.4 Å². The highest BCUT2D eigenvalue weighted by Crippen LogP contribution is 2.32. The summed E-state index contributed by atoms with van der Waals surface area (Å²) in [6, 6.07) is 5.92. The number of aliphatic hydroxyl groups excluding tert-OH is 1. The van der Waals surface area contributed by atoms with Crippen LogP contribution in [0.1, 0.15) is 6.42 Å². The Balaban J connectivity index is 1.96. The molecule has 1 fully saturated rings. The van der Waals surface area contributed by atoms with E-state index in [0.717, 1.165) is 34.1 Å². The second-order valence-corrected chi connectivity index (χ2v) is 5.23. The Morgan fingerprint density at radius 2 is 2.41 bits per heavy atom. The predicted molar refractivity (Wildman–Crippen MR) is 69.0 cm³/mol. The number of nitrogens with zero attached hydrogens (tertiary/aromatic N) is 2. The summed E-state index contributed by atoms with van der Waals surface area (Å²) in [6.07, 6.45) is 0.621. The molecule has 1 unspecified atom stereocenters. The smallest absolute Gasteiger partial charge is 0.186 e. The van der Waals surface area contributed by atoms with Crippen LogP contribution in [0.5, 0.6) is 5.75 Å². The van der Waals surface area contributed by atoms with Crippen molar-refractivity contribution in [2.45, 2.75) is 12.5 Å². The Hall–Kier alpha value is -1.33. The fourth-order valence-electron chi connectivity index (χ4n) is 2.07. The van der Waals surface area contributed by atoms with Gasteiger partial charge >= 0.3 is 0 Å². The van der Waals surface area contributed by atoms with Crippen molar-refractivity contribution in [2.75, 3.05) is 25.1 Å². The van der Waals surface area contributed by atoms with Crippen LogP contribution in [0.15, 0.2) is 18.2 Å². The van der Waals surface area contributed by atoms with Crippen LogP contribution in [0.2, 0.25) is 0 Å². The number of aliphatic hydroxyl groups is 1. The molecule has 1 aromatic carbocycles. The standard InChI is InChI=1S/C12H14N2O2S/c1-16-9-2-3-11-10(6-9)13-12(17-11)14-5-4-8(15)7-14/h2-3,6,8,15H,4-5,7H2,1H3. The molecule has 1 aliphatic heterocycles. The third-order valence-corrected chi connectivity index (χ3v) is 4.11. The van der Waals surface area contributed by atoms with Crippen LogP contribution >= 0.6 is 11.3 Å². The molecule has 1 atom stereocenters. The van der Waals surface area contributed by atoms with E-state index in [9.17, 15) is 5.11 Å². The molecule has 3 rings (SSSR count). The highest BCUT2D eigenvalue weighted by atomic mass is 32.1. The van der Waals surface area contributed by atoms with Crippen molar-refractivity contribution in [1.29, 1.82) is 0 Å². The van der Waals surface area contributed by atoms with Crippen molar-refractivity contribution in [2.24, 2.45) is 0 Å². The molecule has 4 nitrogen and oxygen atoms in total. The molecule has 1 aromatic heterocycles. The molecule has 0 saturated carbocycles. The largest absolute Gasteiger partial charge is 0.497 e. The van der Waals surface area contributed by atoms with Gasteiger partial charge in [-0.25, -0.2) is 4.98 Å². The van der Waals surface area contributed by atoms with Gasteiger partial charge in [0.25, 0.3) is 0 Å². The Bertz CT molecular complexity index is 540. The number of ether oxygens (including phenoxy) is 1. The summed E-state index contributed by atoms with van der Waals surface area (Å²) in [5.41, 5.74) is 0.964. The summed E-state index contributed by atoms with van der Waals surface area (Å²) in [5, 5.41) is 10.5. The second kappa shape index (κ2) is 4.16. The van der Waals surface area contributed by atoms with Crippen LogP contribution in [-0.2, 0) is 0 Å². The number of hydrogen-bond donors (Lipinski definition) is 1. The summed E-state index contributed by atoms with van der Waals surface area (Å²) in [5.74, 6) is 0.829. The number of thiazole rings is 1. The zero-order chi connectivity index (χ0) is 11.8. The first kappa shape index (κ1) is 10.8. The predicted octanol–water partition coefficient (Wildman–Crippen LogP) is 1.88. The minimum atomic E-state index is -0.212. The van der Waals surface area contributed by atoms with Crippen LogP contribution < -0.4 is 9.64 Å². The average molecular weight is 250 g/mol. The maximum Gasteiger partial charge on any atom is 0.186 e. The maximum absolute atomic E-state index is 9.53. The summed E-state index contributed by atoms with van der Waals surface area (Å²) in [7, 11) is 1.66. The van der Waals surface area contributed by atoms with Crippen molar-refractivity contribution in [3.63, 3.8) is 0 Å². The topological polar surface area (TPSA) is 45.6 Å². The van der Waals surface area contributed by atoms with E-state index in [1.807, 2.05) is 18.2 Å². The minimum Gasteiger partial charge on any atom is -0.497 e. The van der Waals surface area contributed by atoms with Crippen molar-refractivity contribution in [3.8, 4) is 5.75 Å². The lowest BCUT2D eigenvalue weighted by Crippen LogP contribution is -2.20. The molecule has 1 aliphatic rings. The van der Waals surface area contributed by atoms with Gasteiger partial charge in [0.1, 0.15) is 5.75 Å². The van der Waals surface area contributed by atoms with Gasteiger partial charge in [-0.05, 0) is 18.6 Å².